The van der Waals surface area contributed by atoms with Gasteiger partial charge in [0.1, 0.15) is 12.6 Å². The summed E-state index contributed by atoms with van der Waals surface area (Å²) < 4.78 is 5.54. The molecule has 4 rings (SSSR count). The number of rotatable bonds is 6. The fourth-order valence-electron chi connectivity index (χ4n) is 5.12. The first-order valence-electron chi connectivity index (χ1n) is 11.5. The Hall–Kier alpha value is -3.35. The number of aliphatic carboxylic acids is 1. The molecule has 0 saturated carbocycles. The number of ether oxygens (including phenoxy) is 1. The lowest BCUT2D eigenvalue weighted by molar-refractivity contribution is -0.154. The van der Waals surface area contributed by atoms with Gasteiger partial charge in [-0.15, -0.1) is 0 Å². The van der Waals surface area contributed by atoms with E-state index >= 15 is 0 Å². The topological polar surface area (TPSA) is 95.9 Å². The summed E-state index contributed by atoms with van der Waals surface area (Å²) in [6, 6.07) is 15.0. The lowest BCUT2D eigenvalue weighted by Gasteiger charge is -2.37. The number of carboxylic acids is 1. The normalized spacial score (nSPS) is 20.5. The number of likely N-dealkylation sites (tertiary alicyclic amines) is 1. The molecule has 2 aromatic rings. The van der Waals surface area contributed by atoms with Crippen LogP contribution < -0.4 is 5.32 Å². The minimum absolute atomic E-state index is 0.0285. The van der Waals surface area contributed by atoms with Crippen molar-refractivity contribution in [1.82, 2.24) is 10.2 Å². The smallest absolute Gasteiger partial charge is 0.407 e. The third-order valence-electron chi connectivity index (χ3n) is 6.70. The fraction of sp³-hybridized carbons (Fsp3) is 0.423. The number of hydrogen-bond donors (Lipinski definition) is 2. The minimum Gasteiger partial charge on any atom is -0.480 e. The molecule has 2 aliphatic rings. The molecule has 174 valence electrons. The zero-order chi connectivity index (χ0) is 23.5. The quantitative estimate of drug-likeness (QED) is 0.693. The highest BCUT2D eigenvalue weighted by Crippen LogP contribution is 2.44. The van der Waals surface area contributed by atoms with Crippen LogP contribution in [0.15, 0.2) is 48.5 Å². The number of nitrogens with one attached hydrogen (secondary N) is 1. The lowest BCUT2D eigenvalue weighted by Crippen LogP contribution is -2.53. The standard InChI is InChI=1S/C26H30N2O5/c1-16-8-7-13-28(24(16)25(30)31)23(29)14-17(2)27-26(32)33-15-22-20-11-5-3-9-18(20)19-10-4-6-12-21(19)22/h3-6,9-12,16-17,22,24H,7-8,13-15H2,1-2H3,(H,27,32)(H,30,31)/t16?,17-,24?/m1/s1. The largest absolute Gasteiger partial charge is 0.480 e. The van der Waals surface area contributed by atoms with Gasteiger partial charge in [0.05, 0.1) is 0 Å². The molecule has 1 heterocycles. The predicted molar refractivity (Wildman–Crippen MR) is 124 cm³/mol. The molecule has 2 unspecified atom stereocenters. The minimum atomic E-state index is -0.979. The molecule has 7 nitrogen and oxygen atoms in total. The molecule has 2 N–H and O–H groups in total. The van der Waals surface area contributed by atoms with Crippen molar-refractivity contribution in [3.05, 3.63) is 59.7 Å². The Morgan fingerprint density at radius 1 is 1.09 bits per heavy atom. The first-order valence-corrected chi connectivity index (χ1v) is 11.5. The van der Waals surface area contributed by atoms with E-state index in [9.17, 15) is 19.5 Å². The van der Waals surface area contributed by atoms with Crippen LogP contribution >= 0.6 is 0 Å². The van der Waals surface area contributed by atoms with E-state index in [4.69, 9.17) is 4.74 Å². The van der Waals surface area contributed by atoms with E-state index in [0.29, 0.717) is 6.54 Å². The zero-order valence-electron chi connectivity index (χ0n) is 19.0. The molecular weight excluding hydrogens is 420 g/mol. The number of fused-ring (bicyclic) bond motifs is 3. The third-order valence-corrected chi connectivity index (χ3v) is 6.70. The van der Waals surface area contributed by atoms with Gasteiger partial charge in [0.25, 0.3) is 0 Å². The number of amides is 2. The molecule has 0 spiro atoms. The maximum absolute atomic E-state index is 12.8. The number of benzene rings is 2. The highest BCUT2D eigenvalue weighted by Gasteiger charge is 2.37. The summed E-state index contributed by atoms with van der Waals surface area (Å²) in [6.07, 6.45) is 1.01. The molecule has 3 atom stereocenters. The van der Waals surface area contributed by atoms with Crippen molar-refractivity contribution in [2.75, 3.05) is 13.2 Å². The Morgan fingerprint density at radius 3 is 2.30 bits per heavy atom. The van der Waals surface area contributed by atoms with Crippen LogP contribution in [0.5, 0.6) is 0 Å². The number of carboxylic acid groups (broad SMARTS) is 1. The molecule has 7 heteroatoms. The van der Waals surface area contributed by atoms with Crippen molar-refractivity contribution in [2.45, 2.75) is 51.1 Å². The number of piperidine rings is 1. The van der Waals surface area contributed by atoms with Crippen molar-refractivity contribution < 1.29 is 24.2 Å². The molecule has 2 amide bonds. The molecule has 1 aliphatic carbocycles. The highest BCUT2D eigenvalue weighted by atomic mass is 16.5. The Balaban J connectivity index is 1.33. The maximum atomic E-state index is 12.8. The van der Waals surface area contributed by atoms with Gasteiger partial charge >= 0.3 is 12.1 Å². The summed E-state index contributed by atoms with van der Waals surface area (Å²) in [4.78, 5) is 38.3. The predicted octanol–water partition coefficient (Wildman–Crippen LogP) is 4.02. The maximum Gasteiger partial charge on any atom is 0.407 e. The van der Waals surface area contributed by atoms with Crippen LogP contribution in [0.25, 0.3) is 11.1 Å². The van der Waals surface area contributed by atoms with Gasteiger partial charge in [-0.25, -0.2) is 9.59 Å². The van der Waals surface area contributed by atoms with E-state index in [1.807, 2.05) is 31.2 Å². The van der Waals surface area contributed by atoms with E-state index < -0.39 is 24.1 Å². The number of carbonyl (C=O) groups excluding carboxylic acids is 2. The molecule has 2 aromatic carbocycles. The van der Waals surface area contributed by atoms with Crippen LogP contribution in [0.4, 0.5) is 4.79 Å². The van der Waals surface area contributed by atoms with Crippen molar-refractivity contribution in [3.8, 4) is 11.1 Å². The average Bonchev–Trinajstić information content (AvgIpc) is 3.11. The SMILES string of the molecule is CC1CCCN(C(=O)C[C@@H](C)NC(=O)OCC2c3ccccc3-c3ccccc32)C1C(=O)O. The summed E-state index contributed by atoms with van der Waals surface area (Å²) in [5, 5.41) is 12.3. The molecular formula is C26H30N2O5. The highest BCUT2D eigenvalue weighted by molar-refractivity contribution is 5.85. The van der Waals surface area contributed by atoms with E-state index in [1.165, 1.54) is 4.90 Å². The van der Waals surface area contributed by atoms with Crippen molar-refractivity contribution in [3.63, 3.8) is 0 Å². The average molecular weight is 451 g/mol. The van der Waals surface area contributed by atoms with Gasteiger partial charge in [0.15, 0.2) is 0 Å². The number of alkyl carbamates (subject to hydrolysis) is 1. The van der Waals surface area contributed by atoms with Crippen molar-refractivity contribution >= 4 is 18.0 Å². The van der Waals surface area contributed by atoms with E-state index in [2.05, 4.69) is 29.6 Å². The summed E-state index contributed by atoms with van der Waals surface area (Å²) in [7, 11) is 0. The van der Waals surface area contributed by atoms with E-state index in [-0.39, 0.29) is 30.8 Å². The lowest BCUT2D eigenvalue weighted by atomic mass is 9.90. The Kier molecular flexibility index (Phi) is 6.67. The third kappa shape index (κ3) is 4.72. The van der Waals surface area contributed by atoms with E-state index in [0.717, 1.165) is 35.1 Å². The van der Waals surface area contributed by atoms with Gasteiger partial charge in [-0.1, -0.05) is 55.5 Å². The second-order valence-electron chi connectivity index (χ2n) is 9.06. The Labute approximate surface area is 193 Å². The molecule has 0 aromatic heterocycles. The van der Waals surface area contributed by atoms with Crippen LogP contribution in [0.2, 0.25) is 0 Å². The fourth-order valence-corrected chi connectivity index (χ4v) is 5.12. The van der Waals surface area contributed by atoms with Gasteiger partial charge in [-0.3, -0.25) is 4.79 Å². The molecule has 33 heavy (non-hydrogen) atoms. The molecule has 1 fully saturated rings. The first-order chi connectivity index (χ1) is 15.9. The van der Waals surface area contributed by atoms with Crippen molar-refractivity contribution in [1.29, 1.82) is 0 Å². The van der Waals surface area contributed by atoms with E-state index in [1.54, 1.807) is 6.92 Å². The van der Waals surface area contributed by atoms with Crippen LogP contribution in [-0.4, -0.2) is 53.2 Å². The summed E-state index contributed by atoms with van der Waals surface area (Å²) >= 11 is 0. The van der Waals surface area contributed by atoms with Gasteiger partial charge in [0, 0.05) is 24.9 Å². The van der Waals surface area contributed by atoms with Crippen molar-refractivity contribution in [2.24, 2.45) is 5.92 Å². The van der Waals surface area contributed by atoms with Gasteiger partial charge in [-0.2, -0.15) is 0 Å². The number of nitrogens with zero attached hydrogens (tertiary/aromatic N) is 1. The Morgan fingerprint density at radius 2 is 1.70 bits per heavy atom. The van der Waals surface area contributed by atoms with Crippen LogP contribution in [0, 0.1) is 5.92 Å². The monoisotopic (exact) mass is 450 g/mol. The second-order valence-corrected chi connectivity index (χ2v) is 9.06. The molecule has 1 aliphatic heterocycles. The van der Waals surface area contributed by atoms with Crippen LogP contribution in [0.3, 0.4) is 0 Å². The summed E-state index contributed by atoms with van der Waals surface area (Å²) in [5.74, 6) is -1.37. The van der Waals surface area contributed by atoms with Crippen LogP contribution in [-0.2, 0) is 14.3 Å². The van der Waals surface area contributed by atoms with Gasteiger partial charge in [-0.05, 0) is 47.9 Å². The summed E-state index contributed by atoms with van der Waals surface area (Å²) in [5.41, 5.74) is 4.58. The number of hydrogen-bond acceptors (Lipinski definition) is 4. The van der Waals surface area contributed by atoms with Crippen LogP contribution in [0.1, 0.15) is 50.2 Å². The van der Waals surface area contributed by atoms with Gasteiger partial charge in [0.2, 0.25) is 5.91 Å². The molecule has 1 saturated heterocycles. The second kappa shape index (κ2) is 9.65. The molecule has 0 radical (unpaired) electrons. The first kappa shape index (κ1) is 22.8. The number of carbonyl (C=O) groups is 3. The summed E-state index contributed by atoms with van der Waals surface area (Å²) in [6.45, 7) is 4.21. The van der Waals surface area contributed by atoms with Gasteiger partial charge < -0.3 is 20.1 Å². The zero-order valence-corrected chi connectivity index (χ0v) is 19.0. The Bertz CT molecular complexity index is 1010. The molecule has 0 bridgehead atoms.